The van der Waals surface area contributed by atoms with E-state index in [1.807, 2.05) is 29.7 Å². The van der Waals surface area contributed by atoms with Gasteiger partial charge in [0.2, 0.25) is 5.95 Å². The van der Waals surface area contributed by atoms with Crippen LogP contribution in [0.3, 0.4) is 0 Å². The van der Waals surface area contributed by atoms with E-state index in [0.29, 0.717) is 23.7 Å². The van der Waals surface area contributed by atoms with Crippen LogP contribution >= 0.6 is 0 Å². The zero-order valence-electron chi connectivity index (χ0n) is 13.8. The fourth-order valence-corrected chi connectivity index (χ4v) is 3.32. The molecule has 3 heterocycles. The van der Waals surface area contributed by atoms with Gasteiger partial charge in [-0.1, -0.05) is 30.3 Å². The summed E-state index contributed by atoms with van der Waals surface area (Å²) in [5.74, 6) is 1.48. The van der Waals surface area contributed by atoms with E-state index < -0.39 is 0 Å². The van der Waals surface area contributed by atoms with Crippen molar-refractivity contribution in [2.24, 2.45) is 0 Å². The Bertz CT molecular complexity index is 906. The van der Waals surface area contributed by atoms with Crippen LogP contribution in [0.15, 0.2) is 35.1 Å². The molecule has 1 saturated heterocycles. The predicted molar refractivity (Wildman–Crippen MR) is 94.5 cm³/mol. The molecule has 6 heteroatoms. The topological polar surface area (TPSA) is 66.8 Å². The first-order valence-corrected chi connectivity index (χ1v) is 8.48. The molecule has 2 aromatic heterocycles. The number of hydrogen-bond donors (Lipinski definition) is 1. The Balaban J connectivity index is 1.80. The first-order valence-electron chi connectivity index (χ1n) is 8.48. The van der Waals surface area contributed by atoms with Crippen LogP contribution in [0.25, 0.3) is 11.2 Å². The molecule has 1 aliphatic rings. The lowest BCUT2D eigenvalue weighted by atomic mass is 10.1. The van der Waals surface area contributed by atoms with Crippen LogP contribution in [-0.2, 0) is 6.54 Å². The van der Waals surface area contributed by atoms with Crippen LogP contribution in [0, 0.1) is 6.92 Å². The Hall–Kier alpha value is -2.63. The maximum atomic E-state index is 12.5. The fraction of sp³-hybridized carbons (Fsp3) is 0.389. The predicted octanol–water partition coefficient (Wildman–Crippen LogP) is 2.47. The Morgan fingerprint density at radius 1 is 1.08 bits per heavy atom. The summed E-state index contributed by atoms with van der Waals surface area (Å²) >= 11 is 0. The third-order valence-electron chi connectivity index (χ3n) is 4.62. The van der Waals surface area contributed by atoms with E-state index in [9.17, 15) is 4.79 Å². The van der Waals surface area contributed by atoms with Crippen molar-refractivity contribution >= 4 is 17.1 Å². The van der Waals surface area contributed by atoms with E-state index in [-0.39, 0.29) is 5.56 Å². The maximum Gasteiger partial charge on any atom is 0.280 e. The highest BCUT2D eigenvalue weighted by atomic mass is 16.1. The van der Waals surface area contributed by atoms with Gasteiger partial charge in [-0.15, -0.1) is 0 Å². The molecule has 1 N–H and O–H groups in total. The molecule has 0 bridgehead atoms. The molecular formula is C18H21N5O. The summed E-state index contributed by atoms with van der Waals surface area (Å²) in [6, 6.07) is 10.2. The van der Waals surface area contributed by atoms with Crippen molar-refractivity contribution in [1.29, 1.82) is 0 Å². The van der Waals surface area contributed by atoms with Crippen molar-refractivity contribution in [3.05, 3.63) is 52.1 Å². The largest absolute Gasteiger partial charge is 0.342 e. The molecule has 0 spiro atoms. The number of anilines is 1. The molecule has 0 saturated carbocycles. The normalized spacial score (nSPS) is 15.1. The second kappa shape index (κ2) is 6.11. The van der Waals surface area contributed by atoms with Gasteiger partial charge < -0.3 is 9.47 Å². The molecule has 6 nitrogen and oxygen atoms in total. The van der Waals surface area contributed by atoms with Gasteiger partial charge in [0.25, 0.3) is 5.56 Å². The Labute approximate surface area is 140 Å². The van der Waals surface area contributed by atoms with Gasteiger partial charge in [0.1, 0.15) is 5.82 Å². The van der Waals surface area contributed by atoms with Crippen LogP contribution < -0.4 is 10.5 Å². The number of imidazole rings is 1. The number of aryl methyl sites for hydroxylation is 1. The highest BCUT2D eigenvalue weighted by Gasteiger charge is 2.18. The molecule has 0 radical (unpaired) electrons. The van der Waals surface area contributed by atoms with Crippen LogP contribution in [0.1, 0.15) is 30.7 Å². The van der Waals surface area contributed by atoms with Crippen molar-refractivity contribution in [2.45, 2.75) is 32.7 Å². The first-order chi connectivity index (χ1) is 11.7. The molecule has 1 aliphatic heterocycles. The van der Waals surface area contributed by atoms with Crippen LogP contribution in [0.4, 0.5) is 5.95 Å². The van der Waals surface area contributed by atoms with Crippen LogP contribution in [0.2, 0.25) is 0 Å². The summed E-state index contributed by atoms with van der Waals surface area (Å²) in [6.45, 7) is 4.48. The second-order valence-corrected chi connectivity index (χ2v) is 6.34. The van der Waals surface area contributed by atoms with Crippen LogP contribution in [0.5, 0.6) is 0 Å². The van der Waals surface area contributed by atoms with Gasteiger partial charge in [0.15, 0.2) is 11.2 Å². The third kappa shape index (κ3) is 2.68. The Morgan fingerprint density at radius 2 is 1.83 bits per heavy atom. The number of nitrogens with one attached hydrogen (secondary N) is 1. The Kier molecular flexibility index (Phi) is 3.80. The van der Waals surface area contributed by atoms with Gasteiger partial charge in [-0.05, 0) is 31.7 Å². The van der Waals surface area contributed by atoms with Crippen molar-refractivity contribution in [3.8, 4) is 0 Å². The van der Waals surface area contributed by atoms with Crippen molar-refractivity contribution in [3.63, 3.8) is 0 Å². The average molecular weight is 323 g/mol. The molecule has 0 aliphatic carbocycles. The van der Waals surface area contributed by atoms with Crippen molar-refractivity contribution in [1.82, 2.24) is 19.5 Å². The molecule has 1 aromatic carbocycles. The quantitative estimate of drug-likeness (QED) is 0.804. The summed E-state index contributed by atoms with van der Waals surface area (Å²) in [4.78, 5) is 26.7. The zero-order valence-corrected chi connectivity index (χ0v) is 13.8. The molecule has 4 rings (SSSR count). The van der Waals surface area contributed by atoms with Crippen LogP contribution in [-0.4, -0.2) is 32.6 Å². The number of nitrogens with zero attached hydrogens (tertiary/aromatic N) is 4. The van der Waals surface area contributed by atoms with Crippen molar-refractivity contribution in [2.75, 3.05) is 18.0 Å². The molecule has 24 heavy (non-hydrogen) atoms. The number of hydrogen-bond acceptors (Lipinski definition) is 4. The number of fused-ring (bicyclic) bond motifs is 1. The van der Waals surface area contributed by atoms with Gasteiger partial charge >= 0.3 is 0 Å². The summed E-state index contributed by atoms with van der Waals surface area (Å²) in [5, 5.41) is 0. The highest BCUT2D eigenvalue weighted by molar-refractivity contribution is 5.72. The average Bonchev–Trinajstić information content (AvgIpc) is 2.93. The number of piperidine rings is 1. The lowest BCUT2D eigenvalue weighted by Crippen LogP contribution is -2.32. The lowest BCUT2D eigenvalue weighted by Gasteiger charge is -2.26. The molecule has 0 amide bonds. The standard InChI is InChI=1S/C18H21N5O/c1-13-19-15-16(23(13)12-14-8-4-2-5-9-14)20-18(21-17(15)24)22-10-6-3-7-11-22/h2,4-5,8-9H,3,6-7,10-12H2,1H3,(H,20,21,24). The Morgan fingerprint density at radius 3 is 2.58 bits per heavy atom. The minimum absolute atomic E-state index is 0.157. The third-order valence-corrected chi connectivity index (χ3v) is 4.62. The highest BCUT2D eigenvalue weighted by Crippen LogP contribution is 2.18. The molecule has 0 atom stereocenters. The van der Waals surface area contributed by atoms with E-state index in [4.69, 9.17) is 4.98 Å². The minimum atomic E-state index is -0.157. The molecule has 1 fully saturated rings. The minimum Gasteiger partial charge on any atom is -0.342 e. The summed E-state index contributed by atoms with van der Waals surface area (Å²) < 4.78 is 2.02. The van der Waals surface area contributed by atoms with E-state index in [2.05, 4.69) is 27.0 Å². The fourth-order valence-electron chi connectivity index (χ4n) is 3.32. The first kappa shape index (κ1) is 14.9. The molecular weight excluding hydrogens is 302 g/mol. The van der Waals surface area contributed by atoms with Gasteiger partial charge in [-0.25, -0.2) is 4.98 Å². The monoisotopic (exact) mass is 323 g/mol. The summed E-state index contributed by atoms with van der Waals surface area (Å²) in [6.07, 6.45) is 3.53. The second-order valence-electron chi connectivity index (χ2n) is 6.34. The number of aromatic nitrogens is 4. The smallest absolute Gasteiger partial charge is 0.280 e. The maximum absolute atomic E-state index is 12.5. The number of benzene rings is 1. The molecule has 0 unspecified atom stereocenters. The number of rotatable bonds is 3. The lowest BCUT2D eigenvalue weighted by molar-refractivity contribution is 0.568. The molecule has 3 aromatic rings. The number of H-pyrrole nitrogens is 1. The SMILES string of the molecule is Cc1nc2c(=O)[nH]c(N3CCCCC3)nc2n1Cc1ccccc1. The summed E-state index contributed by atoms with van der Waals surface area (Å²) in [7, 11) is 0. The van der Waals surface area contributed by atoms with E-state index in [0.717, 1.165) is 31.8 Å². The van der Waals surface area contributed by atoms with E-state index >= 15 is 0 Å². The summed E-state index contributed by atoms with van der Waals surface area (Å²) in [5.41, 5.74) is 2.10. The zero-order chi connectivity index (χ0) is 16.5. The van der Waals surface area contributed by atoms with Gasteiger partial charge in [0.05, 0.1) is 6.54 Å². The van der Waals surface area contributed by atoms with Gasteiger partial charge in [-0.3, -0.25) is 9.78 Å². The van der Waals surface area contributed by atoms with E-state index in [1.165, 1.54) is 12.0 Å². The number of aromatic amines is 1. The van der Waals surface area contributed by atoms with E-state index in [1.54, 1.807) is 0 Å². The van der Waals surface area contributed by atoms with Crippen molar-refractivity contribution < 1.29 is 0 Å². The van der Waals surface area contributed by atoms with Gasteiger partial charge in [0, 0.05) is 13.1 Å². The van der Waals surface area contributed by atoms with Gasteiger partial charge in [-0.2, -0.15) is 4.98 Å². The molecule has 124 valence electrons.